The molecule has 0 fully saturated rings. The van der Waals surface area contributed by atoms with Gasteiger partial charge < -0.3 is 5.32 Å². The standard InChI is InChI=1S/C18H12Cl2N4O5S/c19-11-2-4-12(5-3-11)23-17(13-8-30(28,29)9-15(13)22-23)21-18(25)10-1-6-14(20)16(7-10)24(26)27/h1-7H,8-9H2,(H,21,25). The summed E-state index contributed by atoms with van der Waals surface area (Å²) >= 11 is 11.7. The minimum Gasteiger partial charge on any atom is -0.306 e. The summed E-state index contributed by atoms with van der Waals surface area (Å²) < 4.78 is 25.5. The van der Waals surface area contributed by atoms with E-state index in [9.17, 15) is 23.3 Å². The van der Waals surface area contributed by atoms with Crippen LogP contribution in [0.5, 0.6) is 0 Å². The molecule has 30 heavy (non-hydrogen) atoms. The van der Waals surface area contributed by atoms with Crippen LogP contribution in [0.3, 0.4) is 0 Å². The molecule has 3 aromatic rings. The first-order valence-electron chi connectivity index (χ1n) is 8.47. The van der Waals surface area contributed by atoms with Crippen molar-refractivity contribution < 1.29 is 18.1 Å². The first kappa shape index (κ1) is 20.3. The number of sulfone groups is 1. The third kappa shape index (κ3) is 3.76. The number of carbonyl (C=O) groups is 1. The van der Waals surface area contributed by atoms with E-state index in [1.165, 1.54) is 16.8 Å². The van der Waals surface area contributed by atoms with Crippen LogP contribution in [0.2, 0.25) is 10.0 Å². The fourth-order valence-corrected chi connectivity index (χ4v) is 4.92. The number of rotatable bonds is 4. The van der Waals surface area contributed by atoms with Crippen LogP contribution in [-0.4, -0.2) is 29.0 Å². The monoisotopic (exact) mass is 466 g/mol. The van der Waals surface area contributed by atoms with E-state index in [1.807, 2.05) is 0 Å². The molecular weight excluding hydrogens is 455 g/mol. The average molecular weight is 467 g/mol. The normalized spacial score (nSPS) is 14.3. The van der Waals surface area contributed by atoms with E-state index >= 15 is 0 Å². The maximum absolute atomic E-state index is 12.8. The number of fused-ring (bicyclic) bond motifs is 1. The topological polar surface area (TPSA) is 124 Å². The molecule has 2 heterocycles. The smallest absolute Gasteiger partial charge is 0.288 e. The molecule has 2 aromatic carbocycles. The molecule has 0 saturated carbocycles. The Hall–Kier alpha value is -2.95. The van der Waals surface area contributed by atoms with Gasteiger partial charge in [0.05, 0.1) is 27.8 Å². The number of aromatic nitrogens is 2. The van der Waals surface area contributed by atoms with Crippen LogP contribution in [0.4, 0.5) is 11.5 Å². The number of anilines is 1. The summed E-state index contributed by atoms with van der Waals surface area (Å²) in [6.07, 6.45) is 0. The molecule has 4 rings (SSSR count). The maximum Gasteiger partial charge on any atom is 0.288 e. The highest BCUT2D eigenvalue weighted by atomic mass is 35.5. The Morgan fingerprint density at radius 1 is 1.13 bits per heavy atom. The summed E-state index contributed by atoms with van der Waals surface area (Å²) in [5, 5.41) is 18.5. The Labute approximate surface area is 180 Å². The molecule has 9 nitrogen and oxygen atoms in total. The van der Waals surface area contributed by atoms with E-state index in [0.717, 1.165) is 6.07 Å². The summed E-state index contributed by atoms with van der Waals surface area (Å²) in [5.41, 5.74) is 0.848. The van der Waals surface area contributed by atoms with Crippen LogP contribution in [-0.2, 0) is 21.3 Å². The van der Waals surface area contributed by atoms with Crippen molar-refractivity contribution in [3.05, 3.63) is 79.4 Å². The number of nitro benzene ring substituents is 1. The van der Waals surface area contributed by atoms with Crippen LogP contribution >= 0.6 is 23.2 Å². The molecule has 154 valence electrons. The lowest BCUT2D eigenvalue weighted by atomic mass is 10.2. The molecule has 1 aliphatic heterocycles. The van der Waals surface area contributed by atoms with Crippen molar-refractivity contribution in [2.75, 3.05) is 5.32 Å². The van der Waals surface area contributed by atoms with Crippen molar-refractivity contribution in [1.29, 1.82) is 0 Å². The Balaban J connectivity index is 1.77. The second-order valence-electron chi connectivity index (χ2n) is 6.57. The van der Waals surface area contributed by atoms with E-state index in [2.05, 4.69) is 10.4 Å². The van der Waals surface area contributed by atoms with Crippen LogP contribution < -0.4 is 5.32 Å². The number of amides is 1. The number of benzene rings is 2. The van der Waals surface area contributed by atoms with Crippen LogP contribution in [0.25, 0.3) is 5.69 Å². The number of halogens is 2. The van der Waals surface area contributed by atoms with Crippen LogP contribution in [0.1, 0.15) is 21.6 Å². The zero-order valence-corrected chi connectivity index (χ0v) is 17.3. The van der Waals surface area contributed by atoms with Crippen molar-refractivity contribution in [1.82, 2.24) is 9.78 Å². The van der Waals surface area contributed by atoms with E-state index < -0.39 is 26.4 Å². The van der Waals surface area contributed by atoms with Crippen molar-refractivity contribution in [2.24, 2.45) is 0 Å². The van der Waals surface area contributed by atoms with E-state index in [0.29, 0.717) is 22.0 Å². The fourth-order valence-electron chi connectivity index (χ4n) is 3.11. The van der Waals surface area contributed by atoms with E-state index in [1.54, 1.807) is 24.3 Å². The third-order valence-corrected chi connectivity index (χ3v) is 6.51. The van der Waals surface area contributed by atoms with Crippen LogP contribution in [0, 0.1) is 10.1 Å². The zero-order valence-electron chi connectivity index (χ0n) is 15.0. The van der Waals surface area contributed by atoms with Crippen molar-refractivity contribution in [3.63, 3.8) is 0 Å². The van der Waals surface area contributed by atoms with Gasteiger partial charge in [-0.3, -0.25) is 14.9 Å². The molecule has 12 heteroatoms. The third-order valence-electron chi connectivity index (χ3n) is 4.50. The first-order chi connectivity index (χ1) is 14.1. The van der Waals surface area contributed by atoms with E-state index in [4.69, 9.17) is 23.2 Å². The lowest BCUT2D eigenvalue weighted by Gasteiger charge is -2.11. The fraction of sp³-hybridized carbons (Fsp3) is 0.111. The Morgan fingerprint density at radius 2 is 1.83 bits per heavy atom. The van der Waals surface area contributed by atoms with Gasteiger partial charge in [-0.15, -0.1) is 0 Å². The van der Waals surface area contributed by atoms with Gasteiger partial charge in [0.1, 0.15) is 10.8 Å². The van der Waals surface area contributed by atoms with Gasteiger partial charge in [0.25, 0.3) is 11.6 Å². The molecule has 0 bridgehead atoms. The molecule has 0 spiro atoms. The second-order valence-corrected chi connectivity index (χ2v) is 9.48. The van der Waals surface area contributed by atoms with Crippen molar-refractivity contribution in [2.45, 2.75) is 11.5 Å². The highest BCUT2D eigenvalue weighted by Gasteiger charge is 2.33. The summed E-state index contributed by atoms with van der Waals surface area (Å²) in [6.45, 7) is 0. The summed E-state index contributed by atoms with van der Waals surface area (Å²) in [6, 6.07) is 10.2. The van der Waals surface area contributed by atoms with Gasteiger partial charge in [-0.25, -0.2) is 13.1 Å². The molecule has 1 amide bonds. The summed E-state index contributed by atoms with van der Waals surface area (Å²) in [4.78, 5) is 23.2. The van der Waals surface area contributed by atoms with Gasteiger partial charge in [0.15, 0.2) is 9.84 Å². The SMILES string of the molecule is O=C(Nc1c2c(nn1-c1ccc(Cl)cc1)CS(=O)(=O)C2)c1ccc(Cl)c([N+](=O)[O-])c1. The number of nitro groups is 1. The molecule has 0 aliphatic carbocycles. The van der Waals surface area contributed by atoms with Crippen molar-refractivity contribution >= 4 is 50.5 Å². The maximum atomic E-state index is 12.8. The largest absolute Gasteiger partial charge is 0.306 e. The van der Waals surface area contributed by atoms with Gasteiger partial charge >= 0.3 is 0 Å². The first-order valence-corrected chi connectivity index (χ1v) is 11.0. The van der Waals surface area contributed by atoms with Gasteiger partial charge in [0, 0.05) is 22.2 Å². The number of hydrogen-bond acceptors (Lipinski definition) is 6. The predicted octanol–water partition coefficient (Wildman–Crippen LogP) is 3.77. The van der Waals surface area contributed by atoms with Crippen molar-refractivity contribution in [3.8, 4) is 5.69 Å². The minimum atomic E-state index is -3.37. The van der Waals surface area contributed by atoms with Gasteiger partial charge in [-0.05, 0) is 36.4 Å². The average Bonchev–Trinajstić information content (AvgIpc) is 3.15. The number of carbonyl (C=O) groups excluding carboxylic acids is 1. The van der Waals surface area contributed by atoms with Gasteiger partial charge in [-0.1, -0.05) is 23.2 Å². The molecule has 1 N–H and O–H groups in total. The molecule has 0 saturated heterocycles. The quantitative estimate of drug-likeness (QED) is 0.460. The molecule has 1 aliphatic rings. The Morgan fingerprint density at radius 3 is 2.50 bits per heavy atom. The Kier molecular flexibility index (Phi) is 5.00. The Bertz CT molecular complexity index is 1300. The zero-order chi connectivity index (χ0) is 21.6. The predicted molar refractivity (Wildman–Crippen MR) is 111 cm³/mol. The lowest BCUT2D eigenvalue weighted by molar-refractivity contribution is -0.384. The molecule has 0 atom stereocenters. The molecule has 0 unspecified atom stereocenters. The second kappa shape index (κ2) is 7.38. The minimum absolute atomic E-state index is 0.00967. The number of nitrogens with zero attached hydrogens (tertiary/aromatic N) is 3. The highest BCUT2D eigenvalue weighted by Crippen LogP contribution is 2.34. The highest BCUT2D eigenvalue weighted by molar-refractivity contribution is 7.90. The summed E-state index contributed by atoms with van der Waals surface area (Å²) in [7, 11) is -3.37. The lowest BCUT2D eigenvalue weighted by Crippen LogP contribution is -2.17. The molecule has 1 aromatic heterocycles. The molecular formula is C18H12Cl2N4O5S. The van der Waals surface area contributed by atoms with Gasteiger partial charge in [0.2, 0.25) is 0 Å². The van der Waals surface area contributed by atoms with E-state index in [-0.39, 0.29) is 27.9 Å². The van der Waals surface area contributed by atoms with Gasteiger partial charge in [-0.2, -0.15) is 5.10 Å². The van der Waals surface area contributed by atoms with Crippen LogP contribution in [0.15, 0.2) is 42.5 Å². The summed E-state index contributed by atoms with van der Waals surface area (Å²) in [5.74, 6) is -1.00. The number of nitrogens with one attached hydrogen (secondary N) is 1. The number of hydrogen-bond donors (Lipinski definition) is 1. The molecule has 0 radical (unpaired) electrons.